The topological polar surface area (TPSA) is 58.6 Å². The highest BCUT2D eigenvalue weighted by Crippen LogP contribution is 2.34. The molecule has 0 radical (unpaired) electrons. The number of nitrogens with one attached hydrogen (secondary N) is 1. The van der Waals surface area contributed by atoms with Crippen molar-refractivity contribution < 1.29 is 14.3 Å². The summed E-state index contributed by atoms with van der Waals surface area (Å²) in [5, 5.41) is 2.95. The van der Waals surface area contributed by atoms with Gasteiger partial charge in [0.2, 0.25) is 11.8 Å². The van der Waals surface area contributed by atoms with Gasteiger partial charge in [-0.3, -0.25) is 9.59 Å². The lowest BCUT2D eigenvalue weighted by Crippen LogP contribution is -2.28. The van der Waals surface area contributed by atoms with Crippen LogP contribution >= 0.6 is 0 Å². The molecular formula is C21H24N2O3. The molecule has 1 aliphatic rings. The number of anilines is 2. The van der Waals surface area contributed by atoms with E-state index in [1.54, 1.807) is 12.0 Å². The summed E-state index contributed by atoms with van der Waals surface area (Å²) < 4.78 is 5.38. The molecule has 3 rings (SSSR count). The van der Waals surface area contributed by atoms with Gasteiger partial charge in [-0.15, -0.1) is 0 Å². The molecule has 5 nitrogen and oxygen atoms in total. The summed E-state index contributed by atoms with van der Waals surface area (Å²) in [6.45, 7) is 6.31. The highest BCUT2D eigenvalue weighted by molar-refractivity contribution is 6.04. The Kier molecular flexibility index (Phi) is 4.98. The van der Waals surface area contributed by atoms with E-state index in [1.165, 1.54) is 0 Å². The number of benzene rings is 2. The van der Waals surface area contributed by atoms with Gasteiger partial charge in [0.15, 0.2) is 0 Å². The molecule has 1 saturated heterocycles. The Morgan fingerprint density at radius 2 is 1.77 bits per heavy atom. The van der Waals surface area contributed by atoms with Crippen LogP contribution in [-0.2, 0) is 9.59 Å². The van der Waals surface area contributed by atoms with E-state index in [4.69, 9.17) is 4.74 Å². The number of methoxy groups -OCH3 is 1. The molecule has 2 aromatic rings. The molecule has 2 aromatic carbocycles. The maximum atomic E-state index is 12.7. The second-order valence-electron chi connectivity index (χ2n) is 6.95. The normalized spacial score (nSPS) is 16.7. The minimum Gasteiger partial charge on any atom is -0.495 e. The summed E-state index contributed by atoms with van der Waals surface area (Å²) in [6, 6.07) is 11.6. The van der Waals surface area contributed by atoms with E-state index in [0.717, 1.165) is 28.1 Å². The van der Waals surface area contributed by atoms with Gasteiger partial charge in [-0.2, -0.15) is 0 Å². The van der Waals surface area contributed by atoms with Crippen molar-refractivity contribution in [2.75, 3.05) is 23.9 Å². The zero-order valence-electron chi connectivity index (χ0n) is 15.6. The number of hydrogen-bond acceptors (Lipinski definition) is 3. The smallest absolute Gasteiger partial charge is 0.229 e. The van der Waals surface area contributed by atoms with Crippen LogP contribution < -0.4 is 15.0 Å². The second-order valence-corrected chi connectivity index (χ2v) is 6.95. The van der Waals surface area contributed by atoms with Crippen molar-refractivity contribution in [3.05, 3.63) is 53.1 Å². The molecule has 0 saturated carbocycles. The largest absolute Gasteiger partial charge is 0.495 e. The molecule has 26 heavy (non-hydrogen) atoms. The summed E-state index contributed by atoms with van der Waals surface area (Å²) in [4.78, 5) is 26.8. The van der Waals surface area contributed by atoms with Gasteiger partial charge in [-0.05, 0) is 61.7 Å². The Morgan fingerprint density at radius 1 is 1.08 bits per heavy atom. The Balaban J connectivity index is 1.77. The van der Waals surface area contributed by atoms with E-state index >= 15 is 0 Å². The van der Waals surface area contributed by atoms with Crippen LogP contribution in [-0.4, -0.2) is 25.5 Å². The zero-order valence-corrected chi connectivity index (χ0v) is 15.6. The molecule has 0 aliphatic carbocycles. The molecule has 1 unspecified atom stereocenters. The Labute approximate surface area is 154 Å². The lowest BCUT2D eigenvalue weighted by Gasteiger charge is -2.20. The van der Waals surface area contributed by atoms with Gasteiger partial charge in [-0.1, -0.05) is 12.1 Å². The van der Waals surface area contributed by atoms with Crippen molar-refractivity contribution in [2.24, 2.45) is 5.92 Å². The molecule has 0 bridgehead atoms. The van der Waals surface area contributed by atoms with Crippen LogP contribution in [0.15, 0.2) is 36.4 Å². The van der Waals surface area contributed by atoms with Crippen LogP contribution in [0, 0.1) is 26.7 Å². The van der Waals surface area contributed by atoms with E-state index in [2.05, 4.69) is 11.4 Å². The first-order chi connectivity index (χ1) is 12.4. The van der Waals surface area contributed by atoms with Gasteiger partial charge in [-0.25, -0.2) is 0 Å². The Morgan fingerprint density at radius 3 is 2.42 bits per heavy atom. The van der Waals surface area contributed by atoms with E-state index in [-0.39, 0.29) is 24.2 Å². The maximum Gasteiger partial charge on any atom is 0.229 e. The fourth-order valence-electron chi connectivity index (χ4n) is 3.42. The van der Waals surface area contributed by atoms with Crippen LogP contribution in [0.3, 0.4) is 0 Å². The third-order valence-electron chi connectivity index (χ3n) is 4.61. The Hall–Kier alpha value is -2.82. The van der Waals surface area contributed by atoms with Gasteiger partial charge < -0.3 is 15.0 Å². The van der Waals surface area contributed by atoms with E-state index in [9.17, 15) is 9.59 Å². The predicted octanol–water partition coefficient (Wildman–Crippen LogP) is 3.61. The van der Waals surface area contributed by atoms with Crippen molar-refractivity contribution in [1.29, 1.82) is 0 Å². The van der Waals surface area contributed by atoms with Crippen LogP contribution in [0.1, 0.15) is 23.1 Å². The third kappa shape index (κ3) is 3.72. The number of ether oxygens (including phenoxy) is 1. The monoisotopic (exact) mass is 352 g/mol. The molecule has 1 aliphatic heterocycles. The van der Waals surface area contributed by atoms with Gasteiger partial charge >= 0.3 is 0 Å². The highest BCUT2D eigenvalue weighted by Gasteiger charge is 2.36. The SMILES string of the molecule is COc1ccc(C)cc1N1CC(C(=O)Nc2cc(C)cc(C)c2)CC1=O. The van der Waals surface area contributed by atoms with Gasteiger partial charge in [0.05, 0.1) is 18.7 Å². The first-order valence-electron chi connectivity index (χ1n) is 8.71. The standard InChI is InChI=1S/C21H24N2O3/c1-13-5-6-19(26-4)18(10-13)23-12-16(11-20(23)24)21(25)22-17-8-14(2)7-15(3)9-17/h5-10,16H,11-12H2,1-4H3,(H,22,25). The number of carbonyl (C=O) groups is 2. The van der Waals surface area contributed by atoms with Crippen molar-refractivity contribution in [1.82, 2.24) is 0 Å². The van der Waals surface area contributed by atoms with E-state index < -0.39 is 0 Å². The molecule has 1 heterocycles. The predicted molar refractivity (Wildman–Crippen MR) is 103 cm³/mol. The van der Waals surface area contributed by atoms with Crippen LogP contribution in [0.25, 0.3) is 0 Å². The van der Waals surface area contributed by atoms with Gasteiger partial charge in [0, 0.05) is 18.7 Å². The summed E-state index contributed by atoms with van der Waals surface area (Å²) in [6.07, 6.45) is 0.202. The summed E-state index contributed by atoms with van der Waals surface area (Å²) in [7, 11) is 1.58. The Bertz CT molecular complexity index is 840. The fraction of sp³-hybridized carbons (Fsp3) is 0.333. The minimum absolute atomic E-state index is 0.0607. The molecule has 2 amide bonds. The first kappa shape index (κ1) is 18.0. The van der Waals surface area contributed by atoms with Gasteiger partial charge in [0.1, 0.15) is 5.75 Å². The maximum absolute atomic E-state index is 12.7. The third-order valence-corrected chi connectivity index (χ3v) is 4.61. The van der Waals surface area contributed by atoms with Crippen molar-refractivity contribution in [3.63, 3.8) is 0 Å². The lowest BCUT2D eigenvalue weighted by molar-refractivity contribution is -0.122. The molecule has 1 N–H and O–H groups in total. The zero-order chi connectivity index (χ0) is 18.8. The fourth-order valence-corrected chi connectivity index (χ4v) is 3.42. The number of rotatable bonds is 4. The molecule has 5 heteroatoms. The average molecular weight is 352 g/mol. The lowest BCUT2D eigenvalue weighted by atomic mass is 10.1. The molecule has 0 aromatic heterocycles. The summed E-state index contributed by atoms with van der Waals surface area (Å²) in [5.41, 5.74) is 4.71. The average Bonchev–Trinajstić information content (AvgIpc) is 2.95. The number of amides is 2. The van der Waals surface area contributed by atoms with Crippen LogP contribution in [0.5, 0.6) is 5.75 Å². The van der Waals surface area contributed by atoms with E-state index in [0.29, 0.717) is 12.3 Å². The van der Waals surface area contributed by atoms with Crippen molar-refractivity contribution in [2.45, 2.75) is 27.2 Å². The van der Waals surface area contributed by atoms with Gasteiger partial charge in [0.25, 0.3) is 0 Å². The minimum atomic E-state index is -0.381. The quantitative estimate of drug-likeness (QED) is 0.914. The second kappa shape index (κ2) is 7.20. The summed E-state index contributed by atoms with van der Waals surface area (Å²) >= 11 is 0. The number of aryl methyl sites for hydroxylation is 3. The van der Waals surface area contributed by atoms with Crippen molar-refractivity contribution >= 4 is 23.2 Å². The first-order valence-corrected chi connectivity index (χ1v) is 8.71. The van der Waals surface area contributed by atoms with Crippen molar-refractivity contribution in [3.8, 4) is 5.75 Å². The number of hydrogen-bond donors (Lipinski definition) is 1. The van der Waals surface area contributed by atoms with Crippen LogP contribution in [0.4, 0.5) is 11.4 Å². The number of carbonyl (C=O) groups excluding carboxylic acids is 2. The molecule has 0 spiro atoms. The molecular weight excluding hydrogens is 328 g/mol. The molecule has 1 fully saturated rings. The van der Waals surface area contributed by atoms with Crippen LogP contribution in [0.2, 0.25) is 0 Å². The number of nitrogens with zero attached hydrogens (tertiary/aromatic N) is 1. The molecule has 1 atom stereocenters. The molecule has 136 valence electrons. The highest BCUT2D eigenvalue weighted by atomic mass is 16.5. The summed E-state index contributed by atoms with van der Waals surface area (Å²) in [5.74, 6) is 0.0693. The van der Waals surface area contributed by atoms with E-state index in [1.807, 2.05) is 51.1 Å².